The topological polar surface area (TPSA) is 156 Å². The van der Waals surface area contributed by atoms with Gasteiger partial charge >= 0.3 is 5.97 Å². The summed E-state index contributed by atoms with van der Waals surface area (Å²) in [5, 5.41) is 11.6. The third-order valence-electron chi connectivity index (χ3n) is 4.75. The zero-order valence-electron chi connectivity index (χ0n) is 15.5. The van der Waals surface area contributed by atoms with E-state index in [1.807, 2.05) is 30.3 Å². The highest BCUT2D eigenvalue weighted by Crippen LogP contribution is 2.19. The molecule has 9 nitrogen and oxygen atoms in total. The second-order valence-corrected chi connectivity index (χ2v) is 6.89. The molecule has 152 valence electrons. The first-order valence-electron chi connectivity index (χ1n) is 9.21. The molecule has 3 unspecified atom stereocenters. The van der Waals surface area contributed by atoms with Crippen molar-refractivity contribution in [3.05, 3.63) is 35.9 Å². The number of likely N-dealkylation sites (tertiary alicyclic amines) is 1. The zero-order valence-corrected chi connectivity index (χ0v) is 15.5. The van der Waals surface area contributed by atoms with E-state index in [0.29, 0.717) is 25.8 Å². The highest BCUT2D eigenvalue weighted by molar-refractivity contribution is 5.92. The maximum Gasteiger partial charge on any atom is 0.326 e. The molecule has 6 N–H and O–H groups in total. The number of nitrogens with two attached hydrogens (primary N) is 2. The Labute approximate surface area is 163 Å². The van der Waals surface area contributed by atoms with Crippen molar-refractivity contribution in [3.8, 4) is 0 Å². The number of primary amides is 1. The number of nitrogens with one attached hydrogen (secondary N) is 1. The molecule has 1 aliphatic heterocycles. The van der Waals surface area contributed by atoms with Crippen LogP contribution in [0.25, 0.3) is 0 Å². The molecule has 0 aromatic heterocycles. The Kier molecular flexibility index (Phi) is 7.51. The predicted octanol–water partition coefficient (Wildman–Crippen LogP) is -0.618. The van der Waals surface area contributed by atoms with E-state index in [4.69, 9.17) is 11.5 Å². The van der Waals surface area contributed by atoms with Gasteiger partial charge in [-0.1, -0.05) is 30.3 Å². The normalized spacial score (nSPS) is 18.3. The summed E-state index contributed by atoms with van der Waals surface area (Å²) in [5.41, 5.74) is 12.0. The van der Waals surface area contributed by atoms with Crippen molar-refractivity contribution in [2.75, 3.05) is 6.54 Å². The smallest absolute Gasteiger partial charge is 0.326 e. The Morgan fingerprint density at radius 3 is 2.50 bits per heavy atom. The number of aliphatic carboxylic acids is 1. The monoisotopic (exact) mass is 390 g/mol. The number of carbonyl (C=O) groups excluding carboxylic acids is 3. The largest absolute Gasteiger partial charge is 0.480 e. The number of carboxylic acid groups (broad SMARTS) is 1. The number of nitrogens with zero attached hydrogens (tertiary/aromatic N) is 1. The SMILES string of the molecule is NC(=O)CCC(NC(=O)C1CCCN1C(=O)C(N)Cc1ccccc1)C(=O)O. The molecular formula is C19H26N4O5. The number of hydrogen-bond acceptors (Lipinski definition) is 5. The molecule has 1 aromatic rings. The van der Waals surface area contributed by atoms with E-state index in [0.717, 1.165) is 5.56 Å². The molecule has 2 rings (SSSR count). The first kappa shape index (κ1) is 21.4. The number of amides is 3. The van der Waals surface area contributed by atoms with E-state index in [1.165, 1.54) is 4.90 Å². The molecule has 1 heterocycles. The van der Waals surface area contributed by atoms with Crippen LogP contribution in [-0.4, -0.2) is 58.4 Å². The third kappa shape index (κ3) is 5.78. The second kappa shape index (κ2) is 9.84. The van der Waals surface area contributed by atoms with E-state index in [1.54, 1.807) is 0 Å². The van der Waals surface area contributed by atoms with Crippen LogP contribution in [-0.2, 0) is 25.6 Å². The van der Waals surface area contributed by atoms with Crippen molar-refractivity contribution in [1.82, 2.24) is 10.2 Å². The summed E-state index contributed by atoms with van der Waals surface area (Å²) in [4.78, 5) is 48.9. The van der Waals surface area contributed by atoms with Crippen LogP contribution >= 0.6 is 0 Å². The lowest BCUT2D eigenvalue weighted by Gasteiger charge is -2.27. The van der Waals surface area contributed by atoms with Crippen molar-refractivity contribution < 1.29 is 24.3 Å². The van der Waals surface area contributed by atoms with Gasteiger partial charge in [-0.15, -0.1) is 0 Å². The average molecular weight is 390 g/mol. The predicted molar refractivity (Wildman–Crippen MR) is 101 cm³/mol. The summed E-state index contributed by atoms with van der Waals surface area (Å²) in [7, 11) is 0. The van der Waals surface area contributed by atoms with Gasteiger partial charge in [-0.25, -0.2) is 4.79 Å². The maximum absolute atomic E-state index is 12.7. The van der Waals surface area contributed by atoms with Gasteiger partial charge in [0.25, 0.3) is 0 Å². The van der Waals surface area contributed by atoms with Crippen LogP contribution in [0.1, 0.15) is 31.2 Å². The van der Waals surface area contributed by atoms with Gasteiger partial charge in [0.15, 0.2) is 0 Å². The minimum absolute atomic E-state index is 0.107. The Bertz CT molecular complexity index is 724. The van der Waals surface area contributed by atoms with Crippen molar-refractivity contribution in [1.29, 1.82) is 0 Å². The minimum atomic E-state index is -1.26. The first-order valence-corrected chi connectivity index (χ1v) is 9.21. The highest BCUT2D eigenvalue weighted by Gasteiger charge is 2.37. The van der Waals surface area contributed by atoms with Crippen LogP contribution in [0.15, 0.2) is 30.3 Å². The summed E-state index contributed by atoms with van der Waals surface area (Å²) in [6.07, 6.45) is 1.14. The van der Waals surface area contributed by atoms with Gasteiger partial charge in [-0.2, -0.15) is 0 Å². The lowest BCUT2D eigenvalue weighted by Crippen LogP contribution is -2.54. The van der Waals surface area contributed by atoms with Gasteiger partial charge < -0.3 is 26.8 Å². The molecule has 0 spiro atoms. The number of hydrogen-bond donors (Lipinski definition) is 4. The average Bonchev–Trinajstić information content (AvgIpc) is 3.14. The third-order valence-corrected chi connectivity index (χ3v) is 4.75. The van der Waals surface area contributed by atoms with E-state index in [2.05, 4.69) is 5.32 Å². The van der Waals surface area contributed by atoms with Crippen LogP contribution < -0.4 is 16.8 Å². The quantitative estimate of drug-likeness (QED) is 0.440. The Hall–Kier alpha value is -2.94. The number of carbonyl (C=O) groups is 4. The fraction of sp³-hybridized carbons (Fsp3) is 0.474. The molecule has 0 saturated carbocycles. The fourth-order valence-corrected chi connectivity index (χ4v) is 3.28. The molecule has 3 atom stereocenters. The molecule has 28 heavy (non-hydrogen) atoms. The first-order chi connectivity index (χ1) is 13.3. The number of carboxylic acids is 1. The number of benzene rings is 1. The molecule has 0 aliphatic carbocycles. The summed E-state index contributed by atoms with van der Waals surface area (Å²) < 4.78 is 0. The van der Waals surface area contributed by atoms with Gasteiger partial charge in [0.1, 0.15) is 12.1 Å². The molecule has 9 heteroatoms. The highest BCUT2D eigenvalue weighted by atomic mass is 16.4. The summed E-state index contributed by atoms with van der Waals surface area (Å²) in [6.45, 7) is 0.387. The van der Waals surface area contributed by atoms with E-state index in [-0.39, 0.29) is 18.7 Å². The summed E-state index contributed by atoms with van der Waals surface area (Å²) in [5.74, 6) is -2.81. The van der Waals surface area contributed by atoms with E-state index < -0.39 is 35.9 Å². The summed E-state index contributed by atoms with van der Waals surface area (Å²) >= 11 is 0. The molecule has 1 aromatic carbocycles. The van der Waals surface area contributed by atoms with E-state index in [9.17, 15) is 24.3 Å². The maximum atomic E-state index is 12.7. The molecule has 0 bridgehead atoms. The Morgan fingerprint density at radius 1 is 1.21 bits per heavy atom. The van der Waals surface area contributed by atoms with Gasteiger partial charge in [0.05, 0.1) is 6.04 Å². The molecule has 1 aliphatic rings. The van der Waals surface area contributed by atoms with Crippen LogP contribution in [0.3, 0.4) is 0 Å². The Balaban J connectivity index is 1.99. The molecule has 1 fully saturated rings. The molecular weight excluding hydrogens is 364 g/mol. The van der Waals surface area contributed by atoms with Crippen LogP contribution in [0.4, 0.5) is 0 Å². The summed E-state index contributed by atoms with van der Waals surface area (Å²) in [6, 6.07) is 6.53. The molecule has 1 saturated heterocycles. The van der Waals surface area contributed by atoms with Crippen LogP contribution in [0.2, 0.25) is 0 Å². The molecule has 3 amide bonds. The molecule has 0 radical (unpaired) electrons. The van der Waals surface area contributed by atoms with Gasteiger partial charge in [-0.3, -0.25) is 14.4 Å². The van der Waals surface area contributed by atoms with Crippen molar-refractivity contribution in [2.24, 2.45) is 11.5 Å². The second-order valence-electron chi connectivity index (χ2n) is 6.89. The van der Waals surface area contributed by atoms with Crippen molar-refractivity contribution in [2.45, 2.75) is 50.2 Å². The van der Waals surface area contributed by atoms with Crippen LogP contribution in [0.5, 0.6) is 0 Å². The standard InChI is InChI=1S/C19H26N4O5/c20-13(11-12-5-2-1-3-6-12)18(26)23-10-4-7-15(23)17(25)22-14(19(27)28)8-9-16(21)24/h1-3,5-6,13-15H,4,7-11,20H2,(H2,21,24)(H,22,25)(H,27,28). The van der Waals surface area contributed by atoms with Gasteiger partial charge in [0, 0.05) is 13.0 Å². The number of rotatable bonds is 9. The van der Waals surface area contributed by atoms with Crippen molar-refractivity contribution >= 4 is 23.7 Å². The lowest BCUT2D eigenvalue weighted by atomic mass is 10.0. The van der Waals surface area contributed by atoms with Gasteiger partial charge in [0.2, 0.25) is 17.7 Å². The van der Waals surface area contributed by atoms with Crippen molar-refractivity contribution in [3.63, 3.8) is 0 Å². The van der Waals surface area contributed by atoms with E-state index >= 15 is 0 Å². The lowest BCUT2D eigenvalue weighted by molar-refractivity contribution is -0.144. The van der Waals surface area contributed by atoms with Crippen LogP contribution in [0, 0.1) is 0 Å². The zero-order chi connectivity index (χ0) is 20.7. The Morgan fingerprint density at radius 2 is 1.89 bits per heavy atom. The fourth-order valence-electron chi connectivity index (χ4n) is 3.28. The minimum Gasteiger partial charge on any atom is -0.480 e. The van der Waals surface area contributed by atoms with Gasteiger partial charge in [-0.05, 0) is 31.2 Å².